The Morgan fingerprint density at radius 2 is 1.76 bits per heavy atom. The first kappa shape index (κ1) is 23.0. The van der Waals surface area contributed by atoms with Crippen LogP contribution in [0.15, 0.2) is 45.8 Å². The number of nitrogens with one attached hydrogen (secondary N) is 2. The van der Waals surface area contributed by atoms with E-state index in [1.54, 1.807) is 6.92 Å². The van der Waals surface area contributed by atoms with Crippen molar-refractivity contribution in [1.29, 1.82) is 0 Å². The maximum absolute atomic E-state index is 10.8. The Morgan fingerprint density at radius 3 is 2.34 bits per heavy atom. The second-order valence-electron chi connectivity index (χ2n) is 7.46. The summed E-state index contributed by atoms with van der Waals surface area (Å²) in [5, 5.41) is 17.2. The van der Waals surface area contributed by atoms with Gasteiger partial charge in [-0.25, -0.2) is 4.99 Å². The van der Waals surface area contributed by atoms with Gasteiger partial charge in [-0.15, -0.1) is 0 Å². The average Bonchev–Trinajstić information content (AvgIpc) is 3.16. The van der Waals surface area contributed by atoms with Crippen LogP contribution in [-0.2, 0) is 18.7 Å². The van der Waals surface area contributed by atoms with Gasteiger partial charge in [-0.2, -0.15) is 0 Å². The van der Waals surface area contributed by atoms with Crippen LogP contribution in [-0.4, -0.2) is 42.1 Å². The number of rotatable bonds is 10. The van der Waals surface area contributed by atoms with Crippen LogP contribution < -0.4 is 10.6 Å². The van der Waals surface area contributed by atoms with Gasteiger partial charge >= 0.3 is 0 Å². The number of hydrogen-bond acceptors (Lipinski definition) is 4. The lowest BCUT2D eigenvalue weighted by Crippen LogP contribution is -2.44. The first-order valence-electron chi connectivity index (χ1n) is 10.5. The van der Waals surface area contributed by atoms with Crippen LogP contribution in [0.3, 0.4) is 0 Å². The summed E-state index contributed by atoms with van der Waals surface area (Å²) < 4.78 is 5.59. The average molecular weight is 401 g/mol. The number of aliphatic hydroxyl groups is 1. The molecule has 6 nitrogen and oxygen atoms in total. The third-order valence-corrected chi connectivity index (χ3v) is 5.03. The molecule has 2 aromatic rings. The zero-order valence-corrected chi connectivity index (χ0v) is 18.5. The summed E-state index contributed by atoms with van der Waals surface area (Å²) in [7, 11) is 0. The Balaban J connectivity index is 2.07. The normalized spacial score (nSPS) is 14.1. The number of hydrogen-bond donors (Lipinski definition) is 3. The van der Waals surface area contributed by atoms with Crippen molar-refractivity contribution in [3.8, 4) is 0 Å². The van der Waals surface area contributed by atoms with Gasteiger partial charge < -0.3 is 20.2 Å². The van der Waals surface area contributed by atoms with E-state index in [4.69, 9.17) is 9.41 Å². The number of benzene rings is 1. The molecule has 3 N–H and O–H groups in total. The van der Waals surface area contributed by atoms with Crippen molar-refractivity contribution >= 4 is 5.96 Å². The van der Waals surface area contributed by atoms with Crippen LogP contribution in [0.25, 0.3) is 0 Å². The molecule has 1 unspecified atom stereocenters. The third-order valence-electron chi connectivity index (χ3n) is 5.03. The predicted octanol–water partition coefficient (Wildman–Crippen LogP) is 3.39. The first-order chi connectivity index (χ1) is 13.9. The SMILES string of the molecule is CCNC(=NCc1ccccc1CN(CC)CC)NCC(C)(O)c1ccc(C)o1. The summed E-state index contributed by atoms with van der Waals surface area (Å²) in [5.41, 5.74) is 1.39. The van der Waals surface area contributed by atoms with E-state index in [0.29, 0.717) is 24.8 Å². The topological polar surface area (TPSA) is 73.0 Å². The van der Waals surface area contributed by atoms with Crippen molar-refractivity contribution in [2.24, 2.45) is 4.99 Å². The number of aliphatic imine (C=N–C) groups is 1. The molecule has 0 bridgehead atoms. The second-order valence-corrected chi connectivity index (χ2v) is 7.46. The van der Waals surface area contributed by atoms with E-state index >= 15 is 0 Å². The van der Waals surface area contributed by atoms with Crippen LogP contribution >= 0.6 is 0 Å². The van der Waals surface area contributed by atoms with Crippen molar-refractivity contribution in [2.75, 3.05) is 26.2 Å². The van der Waals surface area contributed by atoms with Crippen molar-refractivity contribution in [3.05, 3.63) is 59.0 Å². The van der Waals surface area contributed by atoms with Crippen LogP contribution in [0.5, 0.6) is 0 Å². The molecule has 0 saturated carbocycles. The molecule has 0 radical (unpaired) electrons. The molecule has 0 spiro atoms. The Morgan fingerprint density at radius 1 is 1.07 bits per heavy atom. The zero-order chi connectivity index (χ0) is 21.3. The summed E-state index contributed by atoms with van der Waals surface area (Å²) in [4.78, 5) is 7.14. The Labute approximate surface area is 175 Å². The Hall–Kier alpha value is -2.31. The molecule has 0 amide bonds. The molecule has 0 fully saturated rings. The summed E-state index contributed by atoms with van der Waals surface area (Å²) in [6.45, 7) is 14.6. The minimum atomic E-state index is -1.12. The van der Waals surface area contributed by atoms with E-state index in [9.17, 15) is 5.11 Å². The Bertz CT molecular complexity index is 779. The fourth-order valence-corrected chi connectivity index (χ4v) is 3.13. The highest BCUT2D eigenvalue weighted by Crippen LogP contribution is 2.22. The smallest absolute Gasteiger partial charge is 0.191 e. The number of furan rings is 1. The minimum absolute atomic E-state index is 0.298. The van der Waals surface area contributed by atoms with E-state index in [1.165, 1.54) is 11.1 Å². The predicted molar refractivity (Wildman–Crippen MR) is 119 cm³/mol. The monoisotopic (exact) mass is 400 g/mol. The highest BCUT2D eigenvalue weighted by molar-refractivity contribution is 5.79. The molecule has 0 aliphatic carbocycles. The number of guanidine groups is 1. The molecule has 6 heteroatoms. The van der Waals surface area contributed by atoms with Gasteiger partial charge in [0.25, 0.3) is 0 Å². The molecule has 160 valence electrons. The van der Waals surface area contributed by atoms with Gasteiger partial charge in [0, 0.05) is 13.1 Å². The maximum Gasteiger partial charge on any atom is 0.191 e. The summed E-state index contributed by atoms with van der Waals surface area (Å²) >= 11 is 0. The van der Waals surface area contributed by atoms with Gasteiger partial charge in [0.05, 0.1) is 13.1 Å². The van der Waals surface area contributed by atoms with Gasteiger partial charge in [-0.1, -0.05) is 38.1 Å². The van der Waals surface area contributed by atoms with E-state index in [0.717, 1.165) is 31.9 Å². The van der Waals surface area contributed by atoms with Crippen LogP contribution in [0.4, 0.5) is 0 Å². The van der Waals surface area contributed by atoms with Crippen LogP contribution in [0.2, 0.25) is 0 Å². The molecule has 0 aliphatic rings. The lowest BCUT2D eigenvalue weighted by atomic mass is 10.0. The zero-order valence-electron chi connectivity index (χ0n) is 18.5. The van der Waals surface area contributed by atoms with Gasteiger partial charge in [-0.3, -0.25) is 4.90 Å². The van der Waals surface area contributed by atoms with Gasteiger partial charge in [0.2, 0.25) is 0 Å². The van der Waals surface area contributed by atoms with Gasteiger partial charge in [0.1, 0.15) is 17.1 Å². The Kier molecular flexibility index (Phi) is 8.73. The second kappa shape index (κ2) is 11.0. The van der Waals surface area contributed by atoms with Crippen molar-refractivity contribution in [3.63, 3.8) is 0 Å². The van der Waals surface area contributed by atoms with Gasteiger partial charge in [0.15, 0.2) is 5.96 Å². The molecular formula is C23H36N4O2. The van der Waals surface area contributed by atoms with Crippen molar-refractivity contribution in [1.82, 2.24) is 15.5 Å². The fourth-order valence-electron chi connectivity index (χ4n) is 3.13. The fraction of sp³-hybridized carbons (Fsp3) is 0.522. The van der Waals surface area contributed by atoms with Crippen molar-refractivity contribution in [2.45, 2.75) is 53.3 Å². The molecule has 1 aromatic heterocycles. The van der Waals surface area contributed by atoms with E-state index in [-0.39, 0.29) is 0 Å². The highest BCUT2D eigenvalue weighted by Gasteiger charge is 2.27. The molecule has 0 saturated heterocycles. The molecule has 1 atom stereocenters. The number of nitrogens with zero attached hydrogens (tertiary/aromatic N) is 2. The first-order valence-corrected chi connectivity index (χ1v) is 10.5. The highest BCUT2D eigenvalue weighted by atomic mass is 16.4. The minimum Gasteiger partial charge on any atom is -0.463 e. The molecular weight excluding hydrogens is 364 g/mol. The molecule has 0 aliphatic heterocycles. The lowest BCUT2D eigenvalue weighted by Gasteiger charge is -2.23. The molecule has 29 heavy (non-hydrogen) atoms. The molecule has 1 heterocycles. The molecule has 1 aromatic carbocycles. The third kappa shape index (κ3) is 6.91. The van der Waals surface area contributed by atoms with Crippen LogP contribution in [0.1, 0.15) is 50.3 Å². The van der Waals surface area contributed by atoms with Crippen molar-refractivity contribution < 1.29 is 9.52 Å². The maximum atomic E-state index is 10.8. The van der Waals surface area contributed by atoms with E-state index < -0.39 is 5.60 Å². The summed E-state index contributed by atoms with van der Waals surface area (Å²) in [6, 6.07) is 12.1. The molecule has 2 rings (SSSR count). The summed E-state index contributed by atoms with van der Waals surface area (Å²) in [5.74, 6) is 2.00. The van der Waals surface area contributed by atoms with E-state index in [1.807, 2.05) is 26.0 Å². The number of aryl methyl sites for hydroxylation is 1. The quantitative estimate of drug-likeness (QED) is 0.421. The van der Waals surface area contributed by atoms with Crippen LogP contribution in [0, 0.1) is 6.92 Å². The lowest BCUT2D eigenvalue weighted by molar-refractivity contribution is 0.0378. The summed E-state index contributed by atoms with van der Waals surface area (Å²) in [6.07, 6.45) is 0. The van der Waals surface area contributed by atoms with E-state index in [2.05, 4.69) is 53.6 Å². The largest absolute Gasteiger partial charge is 0.463 e. The standard InChI is InChI=1S/C23H36N4O2/c1-6-24-22(26-17-23(5,28)21-14-13-18(4)29-21)25-15-19-11-9-10-12-20(19)16-27(7-2)8-3/h9-14,28H,6-8,15-17H2,1-5H3,(H2,24,25,26). The van der Waals surface area contributed by atoms with Gasteiger partial charge in [-0.05, 0) is 57.1 Å².